The van der Waals surface area contributed by atoms with E-state index in [4.69, 9.17) is 0 Å². The summed E-state index contributed by atoms with van der Waals surface area (Å²) in [7, 11) is 4.38. The first-order valence-corrected chi connectivity index (χ1v) is 11.8. The van der Waals surface area contributed by atoms with Crippen molar-refractivity contribution in [1.82, 2.24) is 0 Å². The van der Waals surface area contributed by atoms with Gasteiger partial charge in [0.15, 0.2) is 11.6 Å². The molecule has 0 aliphatic heterocycles. The lowest BCUT2D eigenvalue weighted by molar-refractivity contribution is -0.904. The second kappa shape index (κ2) is 10.3. The van der Waals surface area contributed by atoms with Crippen molar-refractivity contribution < 1.29 is 19.0 Å². The highest BCUT2D eigenvalue weighted by Crippen LogP contribution is 2.35. The van der Waals surface area contributed by atoms with Gasteiger partial charge in [-0.25, -0.2) is 0 Å². The lowest BCUT2D eigenvalue weighted by Crippen LogP contribution is -3.09. The fourth-order valence-corrected chi connectivity index (χ4v) is 4.12. The Balaban J connectivity index is 1.86. The standard InChI is InChI=1S/C26H36N4O2/c1-6-29(4)17-15-27-21-13-9-11-19-23(21)25(31)20-12-10-14-22(24(20)26(19)32)28-16-18-30(5,7-2)8-3/h9-14H,6-8,15-18H2,1-5H3,(H-,27,28,31,32)/p+2. The van der Waals surface area contributed by atoms with Crippen molar-refractivity contribution in [3.05, 3.63) is 58.7 Å². The maximum absolute atomic E-state index is 13.5. The van der Waals surface area contributed by atoms with Crippen molar-refractivity contribution in [2.45, 2.75) is 20.8 Å². The Labute approximate surface area is 192 Å². The number of hydrogen-bond acceptors (Lipinski definition) is 4. The summed E-state index contributed by atoms with van der Waals surface area (Å²) in [6.07, 6.45) is 0. The minimum Gasteiger partial charge on any atom is -0.379 e. The van der Waals surface area contributed by atoms with Gasteiger partial charge in [-0.1, -0.05) is 24.3 Å². The average Bonchev–Trinajstić information content (AvgIpc) is 2.82. The minimum absolute atomic E-state index is 0.0825. The highest BCUT2D eigenvalue weighted by atomic mass is 16.1. The summed E-state index contributed by atoms with van der Waals surface area (Å²) in [6.45, 7) is 13.1. The van der Waals surface area contributed by atoms with Gasteiger partial charge in [-0.2, -0.15) is 0 Å². The molecule has 0 bridgehead atoms. The van der Waals surface area contributed by atoms with Crippen LogP contribution in [0.15, 0.2) is 36.4 Å². The first-order chi connectivity index (χ1) is 15.3. The van der Waals surface area contributed by atoms with E-state index in [1.54, 1.807) is 12.1 Å². The molecular weight excluding hydrogens is 400 g/mol. The maximum atomic E-state index is 13.5. The number of quaternary nitrogens is 2. The molecule has 0 fully saturated rings. The molecule has 32 heavy (non-hydrogen) atoms. The number of ketones is 2. The van der Waals surface area contributed by atoms with Gasteiger partial charge in [0, 0.05) is 22.5 Å². The van der Waals surface area contributed by atoms with Gasteiger partial charge in [-0.05, 0) is 32.9 Å². The first-order valence-electron chi connectivity index (χ1n) is 11.8. The SMILES string of the molecule is CC[NH+](C)CCNc1cccc2c1C(=O)c1cccc(NCC[N+](C)(CC)CC)c1C2=O. The molecule has 1 aliphatic carbocycles. The van der Waals surface area contributed by atoms with E-state index in [0.29, 0.717) is 22.3 Å². The second-order valence-electron chi connectivity index (χ2n) is 9.00. The van der Waals surface area contributed by atoms with Crippen molar-refractivity contribution in [1.29, 1.82) is 0 Å². The van der Waals surface area contributed by atoms with Crippen LogP contribution >= 0.6 is 0 Å². The predicted molar refractivity (Wildman–Crippen MR) is 131 cm³/mol. The zero-order chi connectivity index (χ0) is 23.3. The molecule has 0 amide bonds. The molecule has 0 saturated carbocycles. The quantitative estimate of drug-likeness (QED) is 0.402. The van der Waals surface area contributed by atoms with Gasteiger partial charge < -0.3 is 20.0 Å². The Hall–Kier alpha value is -2.70. The Morgan fingerprint density at radius 3 is 1.78 bits per heavy atom. The zero-order valence-electron chi connectivity index (χ0n) is 20.2. The van der Waals surface area contributed by atoms with E-state index in [1.807, 2.05) is 24.3 Å². The molecule has 1 aliphatic rings. The second-order valence-corrected chi connectivity index (χ2v) is 9.00. The third-order valence-corrected chi connectivity index (χ3v) is 7.04. The summed E-state index contributed by atoms with van der Waals surface area (Å²) < 4.78 is 0.960. The first kappa shape index (κ1) is 24.0. The number of likely N-dealkylation sites (N-methyl/N-ethyl adjacent to an activating group) is 2. The molecular formula is C26H38N4O2+2. The normalized spacial score (nSPS) is 14.0. The fraction of sp³-hybridized carbons (Fsp3) is 0.462. The van der Waals surface area contributed by atoms with Gasteiger partial charge in [0.25, 0.3) is 0 Å². The summed E-state index contributed by atoms with van der Waals surface area (Å²) in [5.74, 6) is -0.166. The monoisotopic (exact) mass is 438 g/mol. The molecule has 0 heterocycles. The van der Waals surface area contributed by atoms with Crippen molar-refractivity contribution in [2.24, 2.45) is 0 Å². The molecule has 0 saturated heterocycles. The summed E-state index contributed by atoms with van der Waals surface area (Å²) in [5.41, 5.74) is 3.46. The third kappa shape index (κ3) is 4.87. The zero-order valence-corrected chi connectivity index (χ0v) is 20.2. The Kier molecular flexibility index (Phi) is 7.69. The molecule has 172 valence electrons. The molecule has 2 aromatic carbocycles. The van der Waals surface area contributed by atoms with Crippen molar-refractivity contribution in [2.75, 3.05) is 70.5 Å². The summed E-state index contributed by atoms with van der Waals surface area (Å²) in [6, 6.07) is 11.1. The summed E-state index contributed by atoms with van der Waals surface area (Å²) in [5, 5.41) is 6.83. The number of benzene rings is 2. The van der Waals surface area contributed by atoms with Crippen LogP contribution in [0.25, 0.3) is 0 Å². The van der Waals surface area contributed by atoms with Crippen LogP contribution in [0.1, 0.15) is 52.6 Å². The van der Waals surface area contributed by atoms with Crippen LogP contribution in [0.2, 0.25) is 0 Å². The van der Waals surface area contributed by atoms with Crippen LogP contribution in [0.4, 0.5) is 11.4 Å². The molecule has 1 unspecified atom stereocenters. The number of carbonyl (C=O) groups excluding carboxylic acids is 2. The van der Waals surface area contributed by atoms with Gasteiger partial charge in [0.05, 0.1) is 71.0 Å². The molecule has 0 aromatic heterocycles. The predicted octanol–water partition coefficient (Wildman–Crippen LogP) is 2.31. The lowest BCUT2D eigenvalue weighted by atomic mass is 9.82. The molecule has 0 radical (unpaired) electrons. The fourth-order valence-electron chi connectivity index (χ4n) is 4.12. The Bertz CT molecular complexity index is 982. The van der Waals surface area contributed by atoms with E-state index in [1.165, 1.54) is 4.90 Å². The van der Waals surface area contributed by atoms with E-state index in [-0.39, 0.29) is 11.6 Å². The maximum Gasteiger partial charge on any atom is 0.196 e. The lowest BCUT2D eigenvalue weighted by Gasteiger charge is -2.32. The molecule has 6 heteroatoms. The number of hydrogen-bond donors (Lipinski definition) is 3. The smallest absolute Gasteiger partial charge is 0.196 e. The highest BCUT2D eigenvalue weighted by molar-refractivity contribution is 6.31. The van der Waals surface area contributed by atoms with Gasteiger partial charge in [0.1, 0.15) is 0 Å². The van der Waals surface area contributed by atoms with E-state index in [2.05, 4.69) is 45.5 Å². The molecule has 2 aromatic rings. The van der Waals surface area contributed by atoms with Gasteiger partial charge in [-0.15, -0.1) is 0 Å². The van der Waals surface area contributed by atoms with Gasteiger partial charge in [0.2, 0.25) is 0 Å². The highest BCUT2D eigenvalue weighted by Gasteiger charge is 2.33. The molecule has 3 N–H and O–H groups in total. The number of fused-ring (bicyclic) bond motifs is 2. The number of nitrogens with zero attached hydrogens (tertiary/aromatic N) is 1. The molecule has 6 nitrogen and oxygen atoms in total. The number of carbonyl (C=O) groups is 2. The number of rotatable bonds is 11. The summed E-state index contributed by atoms with van der Waals surface area (Å²) in [4.78, 5) is 28.4. The van der Waals surface area contributed by atoms with Crippen LogP contribution in [-0.4, -0.2) is 76.0 Å². The van der Waals surface area contributed by atoms with Gasteiger partial charge in [-0.3, -0.25) is 9.59 Å². The Morgan fingerprint density at radius 1 is 0.812 bits per heavy atom. The Morgan fingerprint density at radius 2 is 1.31 bits per heavy atom. The van der Waals surface area contributed by atoms with Crippen LogP contribution < -0.4 is 15.5 Å². The third-order valence-electron chi connectivity index (χ3n) is 7.04. The van der Waals surface area contributed by atoms with Crippen molar-refractivity contribution >= 4 is 22.9 Å². The van der Waals surface area contributed by atoms with Crippen LogP contribution in [0.3, 0.4) is 0 Å². The number of nitrogens with one attached hydrogen (secondary N) is 3. The molecule has 3 rings (SSSR count). The topological polar surface area (TPSA) is 62.6 Å². The minimum atomic E-state index is -0.0831. The van der Waals surface area contributed by atoms with Crippen LogP contribution in [0, 0.1) is 0 Å². The van der Waals surface area contributed by atoms with E-state index in [0.717, 1.165) is 61.7 Å². The van der Waals surface area contributed by atoms with Crippen molar-refractivity contribution in [3.8, 4) is 0 Å². The molecule has 0 spiro atoms. The van der Waals surface area contributed by atoms with E-state index < -0.39 is 0 Å². The van der Waals surface area contributed by atoms with Crippen LogP contribution in [-0.2, 0) is 0 Å². The number of anilines is 2. The van der Waals surface area contributed by atoms with Crippen LogP contribution in [0.5, 0.6) is 0 Å². The largest absolute Gasteiger partial charge is 0.379 e. The molecule has 1 atom stereocenters. The van der Waals surface area contributed by atoms with E-state index in [9.17, 15) is 9.59 Å². The summed E-state index contributed by atoms with van der Waals surface area (Å²) >= 11 is 0. The van der Waals surface area contributed by atoms with E-state index >= 15 is 0 Å². The average molecular weight is 439 g/mol. The van der Waals surface area contributed by atoms with Crippen molar-refractivity contribution in [3.63, 3.8) is 0 Å². The van der Waals surface area contributed by atoms with Gasteiger partial charge >= 0.3 is 0 Å².